The number of rotatable bonds is 4. The van der Waals surface area contributed by atoms with Gasteiger partial charge in [0, 0.05) is 25.4 Å². The van der Waals surface area contributed by atoms with Crippen LogP contribution >= 0.6 is 0 Å². The maximum absolute atomic E-state index is 13.4. The van der Waals surface area contributed by atoms with E-state index in [2.05, 4.69) is 14.8 Å². The van der Waals surface area contributed by atoms with Crippen molar-refractivity contribution >= 4 is 15.8 Å². The van der Waals surface area contributed by atoms with Crippen LogP contribution in [0.15, 0.2) is 29.6 Å². The molecule has 102 valence electrons. The van der Waals surface area contributed by atoms with E-state index in [-0.39, 0.29) is 6.54 Å². The van der Waals surface area contributed by atoms with Gasteiger partial charge in [0.05, 0.1) is 6.20 Å². The molecular weight excluding hydrogens is 273 g/mol. The van der Waals surface area contributed by atoms with E-state index >= 15 is 0 Å². The van der Waals surface area contributed by atoms with Gasteiger partial charge in [0.15, 0.2) is 5.82 Å². The summed E-state index contributed by atoms with van der Waals surface area (Å²) in [6.45, 7) is -0.0853. The number of nitrogen functional groups attached to an aromatic ring is 1. The average molecular weight is 285 g/mol. The molecule has 0 bridgehead atoms. The van der Waals surface area contributed by atoms with Gasteiger partial charge in [-0.1, -0.05) is 0 Å². The minimum atomic E-state index is -4.03. The largest absolute Gasteiger partial charge is 0.384 e. The molecule has 0 spiro atoms. The molecule has 0 amide bonds. The molecule has 0 aliphatic rings. The van der Waals surface area contributed by atoms with Gasteiger partial charge in [-0.3, -0.25) is 4.68 Å². The van der Waals surface area contributed by atoms with Crippen molar-refractivity contribution in [2.75, 3.05) is 5.73 Å². The van der Waals surface area contributed by atoms with Gasteiger partial charge in [-0.15, -0.1) is 0 Å². The minimum Gasteiger partial charge on any atom is -0.384 e. The van der Waals surface area contributed by atoms with Gasteiger partial charge < -0.3 is 5.73 Å². The van der Waals surface area contributed by atoms with Crippen LogP contribution in [0.25, 0.3) is 0 Å². The lowest BCUT2D eigenvalue weighted by Crippen LogP contribution is -2.25. The average Bonchev–Trinajstić information content (AvgIpc) is 2.68. The molecule has 2 heterocycles. The summed E-state index contributed by atoms with van der Waals surface area (Å²) in [6.07, 6.45) is 2.64. The molecule has 2 rings (SSSR count). The molecule has 0 radical (unpaired) electrons. The summed E-state index contributed by atoms with van der Waals surface area (Å²) in [4.78, 5) is 3.51. The maximum atomic E-state index is 13.4. The van der Waals surface area contributed by atoms with Gasteiger partial charge in [-0.05, 0) is 12.1 Å². The molecule has 0 saturated heterocycles. The summed E-state index contributed by atoms with van der Waals surface area (Å²) < 4.78 is 40.7. The van der Waals surface area contributed by atoms with E-state index in [1.807, 2.05) is 0 Å². The van der Waals surface area contributed by atoms with Crippen molar-refractivity contribution in [1.82, 2.24) is 19.5 Å². The fourth-order valence-electron chi connectivity index (χ4n) is 1.44. The van der Waals surface area contributed by atoms with Gasteiger partial charge in [-0.25, -0.2) is 22.5 Å². The first-order valence-corrected chi connectivity index (χ1v) is 6.76. The number of nitrogens with one attached hydrogen (secondary N) is 1. The number of aryl methyl sites for hydroxylation is 1. The van der Waals surface area contributed by atoms with Crippen LogP contribution in [-0.2, 0) is 23.6 Å². The Bertz CT molecular complexity index is 698. The van der Waals surface area contributed by atoms with Gasteiger partial charge >= 0.3 is 0 Å². The Morgan fingerprint density at radius 3 is 2.84 bits per heavy atom. The molecule has 19 heavy (non-hydrogen) atoms. The van der Waals surface area contributed by atoms with E-state index in [4.69, 9.17) is 5.73 Å². The van der Waals surface area contributed by atoms with Crippen LogP contribution in [0.4, 0.5) is 10.2 Å². The van der Waals surface area contributed by atoms with Crippen LogP contribution in [0.5, 0.6) is 0 Å². The Morgan fingerprint density at radius 1 is 1.53 bits per heavy atom. The first kappa shape index (κ1) is 13.4. The standard InChI is InChI=1S/C10H12FN5O2S/c1-16-9(12)7(5-14-16)6-15-19(17,18)10-8(11)3-2-4-13-10/h2-5,15H,6,12H2,1H3. The number of hydrogen-bond donors (Lipinski definition) is 2. The van der Waals surface area contributed by atoms with Gasteiger partial charge in [0.1, 0.15) is 5.82 Å². The van der Waals surface area contributed by atoms with Crippen LogP contribution < -0.4 is 10.5 Å². The molecule has 0 fully saturated rings. The lowest BCUT2D eigenvalue weighted by Gasteiger charge is -2.06. The lowest BCUT2D eigenvalue weighted by molar-refractivity contribution is 0.544. The van der Waals surface area contributed by atoms with Crippen LogP contribution in [-0.4, -0.2) is 23.2 Å². The predicted molar refractivity (Wildman–Crippen MR) is 65.8 cm³/mol. The third kappa shape index (κ3) is 2.71. The van der Waals surface area contributed by atoms with E-state index in [1.54, 1.807) is 7.05 Å². The number of pyridine rings is 1. The van der Waals surface area contributed by atoms with Crippen molar-refractivity contribution in [2.45, 2.75) is 11.6 Å². The number of nitrogens with two attached hydrogens (primary N) is 1. The zero-order valence-electron chi connectivity index (χ0n) is 10.0. The molecular formula is C10H12FN5O2S. The van der Waals surface area contributed by atoms with Crippen LogP contribution in [0, 0.1) is 5.82 Å². The second-order valence-electron chi connectivity index (χ2n) is 3.79. The number of anilines is 1. The van der Waals surface area contributed by atoms with E-state index in [1.165, 1.54) is 23.1 Å². The lowest BCUT2D eigenvalue weighted by atomic mass is 10.3. The Labute approximate surface area is 109 Å². The Balaban J connectivity index is 2.19. The van der Waals surface area contributed by atoms with Crippen LogP contribution in [0.3, 0.4) is 0 Å². The molecule has 2 aromatic heterocycles. The summed E-state index contributed by atoms with van der Waals surface area (Å²) in [7, 11) is -2.39. The summed E-state index contributed by atoms with van der Waals surface area (Å²) >= 11 is 0. The summed E-state index contributed by atoms with van der Waals surface area (Å²) in [5, 5.41) is 3.23. The number of nitrogens with zero attached hydrogens (tertiary/aromatic N) is 3. The molecule has 0 atom stereocenters. The molecule has 7 nitrogen and oxygen atoms in total. The highest BCUT2D eigenvalue weighted by atomic mass is 32.2. The number of halogens is 1. The molecule has 3 N–H and O–H groups in total. The first-order chi connectivity index (χ1) is 8.92. The van der Waals surface area contributed by atoms with E-state index in [9.17, 15) is 12.8 Å². The number of aromatic nitrogens is 3. The second kappa shape index (κ2) is 4.94. The van der Waals surface area contributed by atoms with Crippen LogP contribution in [0.1, 0.15) is 5.56 Å². The van der Waals surface area contributed by atoms with Crippen molar-refractivity contribution in [3.63, 3.8) is 0 Å². The van der Waals surface area contributed by atoms with E-state index in [0.29, 0.717) is 11.4 Å². The third-order valence-corrected chi connectivity index (χ3v) is 3.83. The third-order valence-electron chi connectivity index (χ3n) is 2.50. The Hall–Kier alpha value is -2.00. The fraction of sp³-hybridized carbons (Fsp3) is 0.200. The van der Waals surface area contributed by atoms with Gasteiger partial charge in [0.2, 0.25) is 5.03 Å². The fourth-order valence-corrected chi connectivity index (χ4v) is 2.45. The molecule has 0 unspecified atom stereocenters. The smallest absolute Gasteiger partial charge is 0.261 e. The molecule has 0 aliphatic carbocycles. The molecule has 2 aromatic rings. The summed E-state index contributed by atoms with van der Waals surface area (Å²) in [5.74, 6) is -0.571. The molecule has 9 heteroatoms. The highest BCUT2D eigenvalue weighted by Crippen LogP contribution is 2.13. The maximum Gasteiger partial charge on any atom is 0.261 e. The van der Waals surface area contributed by atoms with E-state index in [0.717, 1.165) is 6.07 Å². The quantitative estimate of drug-likeness (QED) is 0.824. The number of hydrogen-bond acceptors (Lipinski definition) is 5. The minimum absolute atomic E-state index is 0.0853. The van der Waals surface area contributed by atoms with Gasteiger partial charge in [-0.2, -0.15) is 5.10 Å². The molecule has 0 aliphatic heterocycles. The first-order valence-electron chi connectivity index (χ1n) is 5.28. The molecule has 0 aromatic carbocycles. The highest BCUT2D eigenvalue weighted by molar-refractivity contribution is 7.89. The van der Waals surface area contributed by atoms with Gasteiger partial charge in [0.25, 0.3) is 10.0 Å². The highest BCUT2D eigenvalue weighted by Gasteiger charge is 2.20. The summed E-state index contributed by atoms with van der Waals surface area (Å²) in [5.41, 5.74) is 6.18. The summed E-state index contributed by atoms with van der Waals surface area (Å²) in [6, 6.07) is 2.34. The predicted octanol–water partition coefficient (Wildman–Crippen LogP) is 0.0149. The zero-order valence-corrected chi connectivity index (χ0v) is 10.9. The number of sulfonamides is 1. The van der Waals surface area contributed by atoms with Crippen LogP contribution in [0.2, 0.25) is 0 Å². The topological polar surface area (TPSA) is 103 Å². The van der Waals surface area contributed by atoms with Crippen molar-refractivity contribution < 1.29 is 12.8 Å². The monoisotopic (exact) mass is 285 g/mol. The Morgan fingerprint density at radius 2 is 2.26 bits per heavy atom. The van der Waals surface area contributed by atoms with Crippen molar-refractivity contribution in [3.05, 3.63) is 35.9 Å². The SMILES string of the molecule is Cn1ncc(CNS(=O)(=O)c2ncccc2F)c1N. The zero-order chi connectivity index (χ0) is 14.0. The second-order valence-corrected chi connectivity index (χ2v) is 5.48. The Kier molecular flexibility index (Phi) is 3.49. The molecule has 0 saturated carbocycles. The normalized spacial score (nSPS) is 11.7. The van der Waals surface area contributed by atoms with Crippen molar-refractivity contribution in [3.8, 4) is 0 Å². The van der Waals surface area contributed by atoms with E-state index < -0.39 is 20.9 Å². The van der Waals surface area contributed by atoms with Crippen molar-refractivity contribution in [1.29, 1.82) is 0 Å². The van der Waals surface area contributed by atoms with Crippen molar-refractivity contribution in [2.24, 2.45) is 7.05 Å².